The average Bonchev–Trinajstić information content (AvgIpc) is 2.76. The number of carbonyl (C=O) groups excluding carboxylic acids is 1. The fourth-order valence-corrected chi connectivity index (χ4v) is 3.80. The maximum atomic E-state index is 13.2. The highest BCUT2D eigenvalue weighted by atomic mass is 16.6. The number of Topliss-reactive ketones (excluding diaryl/α,β-unsaturated/α-hetero) is 1. The van der Waals surface area contributed by atoms with E-state index in [0.717, 1.165) is 24.3 Å². The van der Waals surface area contributed by atoms with E-state index < -0.39 is 72.6 Å². The summed E-state index contributed by atoms with van der Waals surface area (Å²) >= 11 is 0. The van der Waals surface area contributed by atoms with Crippen LogP contribution in [0.2, 0.25) is 0 Å². The fourth-order valence-electron chi connectivity index (χ4n) is 3.80. The molecule has 1 fully saturated rings. The van der Waals surface area contributed by atoms with Gasteiger partial charge in [0.05, 0.1) is 6.61 Å². The molecule has 0 saturated carbocycles. The molecule has 2 aromatic carbocycles. The van der Waals surface area contributed by atoms with Gasteiger partial charge in [-0.05, 0) is 17.7 Å². The van der Waals surface area contributed by atoms with Crippen molar-refractivity contribution >= 4 is 5.78 Å². The molecule has 12 nitrogen and oxygen atoms in total. The first-order chi connectivity index (χ1) is 15.6. The van der Waals surface area contributed by atoms with Gasteiger partial charge in [0.25, 0.3) is 0 Å². The minimum atomic E-state index is -1.81. The van der Waals surface area contributed by atoms with E-state index in [-0.39, 0.29) is 22.6 Å². The number of aromatic hydroxyl groups is 4. The number of ketones is 1. The Morgan fingerprint density at radius 3 is 2.27 bits per heavy atom. The lowest BCUT2D eigenvalue weighted by Crippen LogP contribution is -2.59. The smallest absolute Gasteiger partial charge is 0.203 e. The van der Waals surface area contributed by atoms with Crippen LogP contribution in [-0.2, 0) is 9.47 Å². The van der Waals surface area contributed by atoms with E-state index in [2.05, 4.69) is 0 Å². The molecule has 178 valence electrons. The first kappa shape index (κ1) is 23.0. The minimum absolute atomic E-state index is 0.155. The Bertz CT molecular complexity index is 1060. The van der Waals surface area contributed by atoms with Crippen molar-refractivity contribution in [3.63, 3.8) is 0 Å². The summed E-state index contributed by atoms with van der Waals surface area (Å²) in [4.78, 5) is 13.2. The SMILES string of the molecule is O=C1c2c(O)cc(O)cc2OC(c2ccc(O)c(O)c2)C1OCC1OC(O)[C@@H](O)[C@H](O)[C@H]1O. The first-order valence-corrected chi connectivity index (χ1v) is 9.86. The summed E-state index contributed by atoms with van der Waals surface area (Å²) in [5.41, 5.74) is -0.0876. The largest absolute Gasteiger partial charge is 0.508 e. The zero-order valence-electron chi connectivity index (χ0n) is 16.8. The van der Waals surface area contributed by atoms with Gasteiger partial charge in [-0.25, -0.2) is 0 Å². The number of ether oxygens (including phenoxy) is 3. The van der Waals surface area contributed by atoms with Crippen LogP contribution in [0, 0.1) is 0 Å². The van der Waals surface area contributed by atoms with E-state index in [0.29, 0.717) is 0 Å². The lowest BCUT2D eigenvalue weighted by atomic mass is 9.92. The van der Waals surface area contributed by atoms with Crippen molar-refractivity contribution in [1.82, 2.24) is 0 Å². The van der Waals surface area contributed by atoms with Gasteiger partial charge >= 0.3 is 0 Å². The first-order valence-electron chi connectivity index (χ1n) is 9.86. The number of fused-ring (bicyclic) bond motifs is 1. The second kappa shape index (κ2) is 8.67. The highest BCUT2D eigenvalue weighted by molar-refractivity contribution is 6.05. The number of carbonyl (C=O) groups is 1. The third-order valence-corrected chi connectivity index (χ3v) is 5.56. The molecule has 7 atom stereocenters. The number of rotatable bonds is 4. The van der Waals surface area contributed by atoms with Crippen molar-refractivity contribution in [1.29, 1.82) is 0 Å². The molecule has 0 aliphatic carbocycles. The topological polar surface area (TPSA) is 207 Å². The van der Waals surface area contributed by atoms with E-state index in [9.17, 15) is 45.6 Å². The number of phenolic OH excluding ortho intramolecular Hbond substituents is 4. The van der Waals surface area contributed by atoms with Crippen LogP contribution >= 0.6 is 0 Å². The highest BCUT2D eigenvalue weighted by Crippen LogP contribution is 2.44. The molecule has 0 amide bonds. The third-order valence-electron chi connectivity index (χ3n) is 5.56. The van der Waals surface area contributed by atoms with Gasteiger partial charge in [-0.1, -0.05) is 6.07 Å². The van der Waals surface area contributed by atoms with Crippen LogP contribution in [0.4, 0.5) is 0 Å². The van der Waals surface area contributed by atoms with Crippen molar-refractivity contribution in [2.45, 2.75) is 42.9 Å². The van der Waals surface area contributed by atoms with Gasteiger partial charge in [-0.15, -0.1) is 0 Å². The number of aliphatic hydroxyl groups excluding tert-OH is 4. The number of hydrogen-bond acceptors (Lipinski definition) is 12. The van der Waals surface area contributed by atoms with Gasteiger partial charge in [0.2, 0.25) is 5.78 Å². The van der Waals surface area contributed by atoms with Crippen LogP contribution in [0.3, 0.4) is 0 Å². The lowest BCUT2D eigenvalue weighted by Gasteiger charge is -2.39. The number of benzene rings is 2. The van der Waals surface area contributed by atoms with Crippen LogP contribution in [0.25, 0.3) is 0 Å². The van der Waals surface area contributed by atoms with Gasteiger partial charge in [-0.2, -0.15) is 0 Å². The molecule has 2 aliphatic rings. The predicted molar refractivity (Wildman–Crippen MR) is 106 cm³/mol. The lowest BCUT2D eigenvalue weighted by molar-refractivity contribution is -0.290. The van der Waals surface area contributed by atoms with Crippen LogP contribution in [0.5, 0.6) is 28.7 Å². The van der Waals surface area contributed by atoms with Crippen molar-refractivity contribution in [3.8, 4) is 28.7 Å². The van der Waals surface area contributed by atoms with Gasteiger partial charge in [0.1, 0.15) is 47.2 Å². The maximum absolute atomic E-state index is 13.2. The molecule has 12 heteroatoms. The molecule has 0 aromatic heterocycles. The monoisotopic (exact) mass is 466 g/mol. The molecule has 33 heavy (non-hydrogen) atoms. The van der Waals surface area contributed by atoms with Gasteiger partial charge in [0.15, 0.2) is 30.0 Å². The Labute approximate surface area is 186 Å². The summed E-state index contributed by atoms with van der Waals surface area (Å²) in [6.07, 6.45) is -11.0. The third kappa shape index (κ3) is 4.15. The van der Waals surface area contributed by atoms with Crippen LogP contribution in [-0.4, -0.2) is 90.1 Å². The van der Waals surface area contributed by atoms with Crippen molar-refractivity contribution < 1.29 is 59.9 Å². The fraction of sp³-hybridized carbons (Fsp3) is 0.381. The molecule has 2 aliphatic heterocycles. The Hall–Kier alpha value is -3.13. The van der Waals surface area contributed by atoms with Crippen LogP contribution in [0.1, 0.15) is 22.0 Å². The zero-order chi connectivity index (χ0) is 24.0. The van der Waals surface area contributed by atoms with E-state index >= 15 is 0 Å². The normalized spacial score (nSPS) is 31.6. The second-order valence-electron chi connectivity index (χ2n) is 7.78. The minimum Gasteiger partial charge on any atom is -0.508 e. The summed E-state index contributed by atoms with van der Waals surface area (Å²) < 4.78 is 16.5. The number of hydrogen-bond donors (Lipinski definition) is 8. The standard InChI is InChI=1S/C21H22O12/c22-8-4-11(25)14-12(5-8)32-19(7-1-2-9(23)10(24)3-7)20(16(14)27)31-6-13-15(26)17(28)18(29)21(30)33-13/h1-5,13,15,17-26,28-30H,6H2/t13?,15-,17+,18-,19?,20?,21?/m0/s1. The van der Waals surface area contributed by atoms with E-state index in [1.165, 1.54) is 6.07 Å². The van der Waals surface area contributed by atoms with Crippen molar-refractivity contribution in [2.24, 2.45) is 0 Å². The molecule has 0 bridgehead atoms. The van der Waals surface area contributed by atoms with E-state index in [1.807, 2.05) is 0 Å². The van der Waals surface area contributed by atoms with Gasteiger partial charge < -0.3 is 55.1 Å². The van der Waals surface area contributed by atoms with E-state index in [1.54, 1.807) is 0 Å². The number of aliphatic hydroxyl groups is 4. The molecule has 4 rings (SSSR count). The molecule has 1 saturated heterocycles. The summed E-state index contributed by atoms with van der Waals surface area (Å²) in [5, 5.41) is 78.7. The van der Waals surface area contributed by atoms with Gasteiger partial charge in [-0.3, -0.25) is 4.79 Å². The highest BCUT2D eigenvalue weighted by Gasteiger charge is 2.46. The average molecular weight is 466 g/mol. The summed E-state index contributed by atoms with van der Waals surface area (Å²) in [6.45, 7) is -0.545. The van der Waals surface area contributed by atoms with Gasteiger partial charge in [0, 0.05) is 12.1 Å². The van der Waals surface area contributed by atoms with Crippen LogP contribution in [0.15, 0.2) is 30.3 Å². The van der Waals surface area contributed by atoms with Crippen molar-refractivity contribution in [3.05, 3.63) is 41.5 Å². The van der Waals surface area contributed by atoms with Crippen LogP contribution < -0.4 is 4.74 Å². The Morgan fingerprint density at radius 1 is 0.848 bits per heavy atom. The molecule has 0 radical (unpaired) electrons. The quantitative estimate of drug-likeness (QED) is 0.256. The molecule has 2 heterocycles. The summed E-state index contributed by atoms with van der Waals surface area (Å²) in [5.74, 6) is -2.78. The maximum Gasteiger partial charge on any atom is 0.203 e. The molecular formula is C21H22O12. The second-order valence-corrected chi connectivity index (χ2v) is 7.78. The van der Waals surface area contributed by atoms with Crippen molar-refractivity contribution in [2.75, 3.05) is 6.61 Å². The molecule has 4 unspecified atom stereocenters. The molecule has 0 spiro atoms. The molecule has 8 N–H and O–H groups in total. The summed E-state index contributed by atoms with van der Waals surface area (Å²) in [6, 6.07) is 5.69. The summed E-state index contributed by atoms with van der Waals surface area (Å²) in [7, 11) is 0. The Kier molecular flexibility index (Phi) is 6.05. The molecule has 2 aromatic rings. The number of phenols is 4. The predicted octanol–water partition coefficient (Wildman–Crippen LogP) is -0.990. The Morgan fingerprint density at radius 2 is 1.58 bits per heavy atom. The molecular weight excluding hydrogens is 444 g/mol. The Balaban J connectivity index is 1.66. The zero-order valence-corrected chi connectivity index (χ0v) is 16.8. The van der Waals surface area contributed by atoms with E-state index in [4.69, 9.17) is 14.2 Å².